The highest BCUT2D eigenvalue weighted by Gasteiger charge is 2.20. The number of nitrogens with zero attached hydrogens (tertiary/aromatic N) is 2. The Bertz CT molecular complexity index is 457. The third-order valence-electron chi connectivity index (χ3n) is 3.08. The summed E-state index contributed by atoms with van der Waals surface area (Å²) < 4.78 is 10.8. The summed E-state index contributed by atoms with van der Waals surface area (Å²) in [6.45, 7) is 5.61. The molecule has 0 aliphatic heterocycles. The first kappa shape index (κ1) is 16.3. The summed E-state index contributed by atoms with van der Waals surface area (Å²) in [5.41, 5.74) is 0.836. The molecule has 1 aromatic rings. The molecule has 0 aromatic heterocycles. The second-order valence-electron chi connectivity index (χ2n) is 4.23. The molecular formula is C15H22N2O3. The zero-order chi connectivity index (χ0) is 15.0. The monoisotopic (exact) mass is 278 g/mol. The molecule has 0 amide bonds. The number of likely N-dealkylation sites (N-methyl/N-ethyl adjacent to an activating group) is 1. The Hall–Kier alpha value is -1.77. The molecule has 1 unspecified atom stereocenters. The zero-order valence-electron chi connectivity index (χ0n) is 12.3. The van der Waals surface area contributed by atoms with E-state index in [1.807, 2.05) is 36.9 Å². The second-order valence-corrected chi connectivity index (χ2v) is 4.23. The molecule has 0 heterocycles. The van der Waals surface area contributed by atoms with Gasteiger partial charge in [0.1, 0.15) is 6.04 Å². The molecule has 1 rings (SSSR count). The highest BCUT2D eigenvalue weighted by molar-refractivity contribution is 5.44. The fraction of sp³-hybridized carbons (Fsp3) is 0.533. The van der Waals surface area contributed by atoms with Crippen LogP contribution in [0.15, 0.2) is 18.2 Å². The van der Waals surface area contributed by atoms with E-state index in [2.05, 4.69) is 6.07 Å². The number of hydrogen-bond donors (Lipinski definition) is 1. The number of hydrogen-bond acceptors (Lipinski definition) is 5. The van der Waals surface area contributed by atoms with Crippen LogP contribution in [0.3, 0.4) is 0 Å². The molecule has 0 spiro atoms. The Morgan fingerprint density at radius 1 is 1.35 bits per heavy atom. The van der Waals surface area contributed by atoms with Crippen molar-refractivity contribution in [1.82, 2.24) is 4.90 Å². The van der Waals surface area contributed by atoms with E-state index in [1.54, 1.807) is 7.11 Å². The average molecular weight is 278 g/mol. The summed E-state index contributed by atoms with van der Waals surface area (Å²) in [5, 5.41) is 18.5. The van der Waals surface area contributed by atoms with Crippen molar-refractivity contribution in [2.75, 3.05) is 33.4 Å². The van der Waals surface area contributed by atoms with Crippen molar-refractivity contribution in [3.05, 3.63) is 23.8 Å². The molecule has 5 nitrogen and oxygen atoms in total. The first-order valence-corrected chi connectivity index (χ1v) is 6.77. The third kappa shape index (κ3) is 3.86. The predicted octanol–water partition coefficient (Wildman–Crippen LogP) is 1.97. The Morgan fingerprint density at radius 3 is 2.60 bits per heavy atom. The summed E-state index contributed by atoms with van der Waals surface area (Å²) in [6.07, 6.45) is 0. The van der Waals surface area contributed by atoms with E-state index < -0.39 is 6.04 Å². The molecule has 0 aliphatic rings. The SMILES string of the molecule is CCOc1ccc(C(C#N)N(CC)CCO)cc1OC. The molecule has 0 bridgehead atoms. The van der Waals surface area contributed by atoms with E-state index >= 15 is 0 Å². The van der Waals surface area contributed by atoms with E-state index in [-0.39, 0.29) is 6.61 Å². The van der Waals surface area contributed by atoms with Gasteiger partial charge >= 0.3 is 0 Å². The van der Waals surface area contributed by atoms with Gasteiger partial charge < -0.3 is 14.6 Å². The van der Waals surface area contributed by atoms with Gasteiger partial charge in [-0.2, -0.15) is 5.26 Å². The Labute approximate surface area is 120 Å². The van der Waals surface area contributed by atoms with Crippen LogP contribution in [0.4, 0.5) is 0 Å². The largest absolute Gasteiger partial charge is 0.493 e. The lowest BCUT2D eigenvalue weighted by Gasteiger charge is -2.25. The van der Waals surface area contributed by atoms with Crippen molar-refractivity contribution >= 4 is 0 Å². The van der Waals surface area contributed by atoms with Crippen molar-refractivity contribution in [1.29, 1.82) is 5.26 Å². The van der Waals surface area contributed by atoms with Crippen LogP contribution < -0.4 is 9.47 Å². The maximum Gasteiger partial charge on any atom is 0.161 e. The summed E-state index contributed by atoms with van der Waals surface area (Å²) >= 11 is 0. The van der Waals surface area contributed by atoms with Gasteiger partial charge in [-0.25, -0.2) is 0 Å². The van der Waals surface area contributed by atoms with Crippen LogP contribution in [-0.2, 0) is 0 Å². The van der Waals surface area contributed by atoms with Crippen LogP contribution >= 0.6 is 0 Å². The number of methoxy groups -OCH3 is 1. The molecule has 5 heteroatoms. The van der Waals surface area contributed by atoms with Crippen molar-refractivity contribution in [2.45, 2.75) is 19.9 Å². The summed E-state index contributed by atoms with van der Waals surface area (Å²) in [7, 11) is 1.58. The molecule has 0 saturated carbocycles. The Kier molecular flexibility index (Phi) is 6.85. The lowest BCUT2D eigenvalue weighted by atomic mass is 10.1. The number of benzene rings is 1. The third-order valence-corrected chi connectivity index (χ3v) is 3.08. The molecule has 0 saturated heterocycles. The Morgan fingerprint density at radius 2 is 2.10 bits per heavy atom. The van der Waals surface area contributed by atoms with Gasteiger partial charge in [-0.05, 0) is 31.2 Å². The van der Waals surface area contributed by atoms with Gasteiger partial charge in [0.2, 0.25) is 0 Å². The van der Waals surface area contributed by atoms with Crippen LogP contribution in [0.25, 0.3) is 0 Å². The lowest BCUT2D eigenvalue weighted by molar-refractivity contribution is 0.180. The number of nitriles is 1. The first-order valence-electron chi connectivity index (χ1n) is 6.77. The number of ether oxygens (including phenoxy) is 2. The van der Waals surface area contributed by atoms with E-state index in [1.165, 1.54) is 0 Å². The molecule has 1 aromatic carbocycles. The first-order chi connectivity index (χ1) is 9.71. The molecule has 0 fully saturated rings. The average Bonchev–Trinajstić information content (AvgIpc) is 2.48. The predicted molar refractivity (Wildman–Crippen MR) is 76.8 cm³/mol. The Balaban J connectivity index is 3.07. The molecule has 20 heavy (non-hydrogen) atoms. The van der Waals surface area contributed by atoms with Crippen LogP contribution in [-0.4, -0.2) is 43.4 Å². The van der Waals surface area contributed by atoms with Gasteiger partial charge in [0.05, 0.1) is 26.4 Å². The quantitative estimate of drug-likeness (QED) is 0.787. The van der Waals surface area contributed by atoms with Crippen molar-refractivity contribution in [3.63, 3.8) is 0 Å². The second kappa shape index (κ2) is 8.41. The fourth-order valence-electron chi connectivity index (χ4n) is 2.09. The normalized spacial score (nSPS) is 12.0. The van der Waals surface area contributed by atoms with Crippen molar-refractivity contribution in [2.24, 2.45) is 0 Å². The van der Waals surface area contributed by atoms with Gasteiger partial charge in [-0.3, -0.25) is 4.90 Å². The fourth-order valence-corrected chi connectivity index (χ4v) is 2.09. The van der Waals surface area contributed by atoms with Gasteiger partial charge in [-0.1, -0.05) is 13.0 Å². The maximum absolute atomic E-state index is 9.40. The van der Waals surface area contributed by atoms with Crippen LogP contribution in [0.2, 0.25) is 0 Å². The van der Waals surface area contributed by atoms with Crippen molar-refractivity contribution < 1.29 is 14.6 Å². The van der Waals surface area contributed by atoms with Crippen molar-refractivity contribution in [3.8, 4) is 17.6 Å². The molecule has 0 radical (unpaired) electrons. The highest BCUT2D eigenvalue weighted by Crippen LogP contribution is 2.31. The number of aliphatic hydroxyl groups is 1. The standard InChI is InChI=1S/C15H22N2O3/c1-4-17(8-9-18)13(11-16)12-6-7-14(20-5-2)15(10-12)19-3/h6-7,10,13,18H,4-5,8-9H2,1-3H3. The number of aliphatic hydroxyl groups excluding tert-OH is 1. The van der Waals surface area contributed by atoms with E-state index in [0.29, 0.717) is 31.2 Å². The van der Waals surface area contributed by atoms with Crippen LogP contribution in [0, 0.1) is 11.3 Å². The van der Waals surface area contributed by atoms with E-state index in [0.717, 1.165) is 5.56 Å². The zero-order valence-corrected chi connectivity index (χ0v) is 12.3. The van der Waals surface area contributed by atoms with E-state index in [4.69, 9.17) is 14.6 Å². The summed E-state index contributed by atoms with van der Waals surface area (Å²) in [6, 6.07) is 7.36. The molecule has 1 N–H and O–H groups in total. The van der Waals surface area contributed by atoms with E-state index in [9.17, 15) is 5.26 Å². The minimum absolute atomic E-state index is 0.0280. The molecule has 110 valence electrons. The molecule has 0 aliphatic carbocycles. The lowest BCUT2D eigenvalue weighted by Crippen LogP contribution is -2.30. The van der Waals surface area contributed by atoms with Gasteiger partial charge in [-0.15, -0.1) is 0 Å². The number of rotatable bonds is 8. The van der Waals surface area contributed by atoms with Crippen LogP contribution in [0.1, 0.15) is 25.5 Å². The van der Waals surface area contributed by atoms with Gasteiger partial charge in [0.15, 0.2) is 11.5 Å². The topological polar surface area (TPSA) is 65.7 Å². The minimum Gasteiger partial charge on any atom is -0.493 e. The molecule has 1 atom stereocenters. The van der Waals surface area contributed by atoms with Crippen LogP contribution in [0.5, 0.6) is 11.5 Å². The highest BCUT2D eigenvalue weighted by atomic mass is 16.5. The smallest absolute Gasteiger partial charge is 0.161 e. The maximum atomic E-state index is 9.40. The summed E-state index contributed by atoms with van der Waals surface area (Å²) in [5.74, 6) is 1.28. The van der Waals surface area contributed by atoms with Gasteiger partial charge in [0, 0.05) is 6.54 Å². The minimum atomic E-state index is -0.406. The van der Waals surface area contributed by atoms with Gasteiger partial charge in [0.25, 0.3) is 0 Å². The summed E-state index contributed by atoms with van der Waals surface area (Å²) in [4.78, 5) is 1.91. The molecular weight excluding hydrogens is 256 g/mol.